The molecule has 1 amide bonds. The van der Waals surface area contributed by atoms with Gasteiger partial charge in [0.05, 0.1) is 18.2 Å². The van der Waals surface area contributed by atoms with Crippen molar-refractivity contribution in [3.63, 3.8) is 0 Å². The Hall–Kier alpha value is -3.23. The highest BCUT2D eigenvalue weighted by Crippen LogP contribution is 2.68. The van der Waals surface area contributed by atoms with Gasteiger partial charge in [-0.2, -0.15) is 9.97 Å². The van der Waals surface area contributed by atoms with Crippen LogP contribution in [-0.2, 0) is 25.7 Å². The van der Waals surface area contributed by atoms with Crippen molar-refractivity contribution in [2.24, 2.45) is 34.0 Å². The number of aryl methyl sites for hydroxylation is 1. The lowest BCUT2D eigenvalue weighted by Crippen LogP contribution is -2.63. The molecule has 3 saturated carbocycles. The van der Waals surface area contributed by atoms with Gasteiger partial charge in [0.15, 0.2) is 17.0 Å². The summed E-state index contributed by atoms with van der Waals surface area (Å²) in [5, 5.41) is 15.3. The van der Waals surface area contributed by atoms with Gasteiger partial charge in [-0.3, -0.25) is 14.4 Å². The van der Waals surface area contributed by atoms with Gasteiger partial charge in [-0.05, 0) is 49.4 Å². The van der Waals surface area contributed by atoms with Crippen LogP contribution in [0.5, 0.6) is 0 Å². The number of nitrogens with two attached hydrogens (primary N) is 1. The average molecular weight is 737 g/mol. The molecule has 4 N–H and O–H groups in total. The molecule has 52 heavy (non-hydrogen) atoms. The average Bonchev–Trinajstić information content (AvgIpc) is 3.88. The van der Waals surface area contributed by atoms with E-state index in [1.807, 2.05) is 22.5 Å². The predicted molar refractivity (Wildman–Crippen MR) is 202 cm³/mol. The molecule has 4 heterocycles. The molecule has 0 spiro atoms. The predicted octanol–water partition coefficient (Wildman–Crippen LogP) is 3.45. The number of nitrogens with one attached hydrogen (secondary N) is 1. The van der Waals surface area contributed by atoms with Crippen LogP contribution >= 0.6 is 11.8 Å². The van der Waals surface area contributed by atoms with E-state index in [0.717, 1.165) is 57.7 Å². The number of hydrogen-bond donors (Lipinski definition) is 3. The molecule has 0 aromatic carbocycles. The first-order valence-corrected chi connectivity index (χ1v) is 20.2. The summed E-state index contributed by atoms with van der Waals surface area (Å²) in [6, 6.07) is 0. The van der Waals surface area contributed by atoms with Crippen LogP contribution in [0, 0.1) is 34.0 Å². The molecule has 2 aromatic rings. The van der Waals surface area contributed by atoms with E-state index in [9.17, 15) is 19.5 Å². The number of rotatable bonds is 9. The van der Waals surface area contributed by atoms with Gasteiger partial charge in [0.2, 0.25) is 11.9 Å². The number of anilines is 2. The van der Waals surface area contributed by atoms with E-state index < -0.39 is 23.0 Å². The number of carbonyl (C=O) groups is 3. The smallest absolute Gasteiger partial charge is 0.316 e. The molecule has 5 fully saturated rings. The number of Topliss-reactive ketones (excluding diaryl/α,β-unsaturated/α-hetero) is 1. The minimum Gasteiger partial charge on any atom is -0.461 e. The quantitative estimate of drug-likeness (QED) is 0.254. The van der Waals surface area contributed by atoms with E-state index in [1.165, 1.54) is 11.8 Å². The Morgan fingerprint density at radius 1 is 1.17 bits per heavy atom. The lowest BCUT2D eigenvalue weighted by molar-refractivity contribution is -0.205. The second-order valence-electron chi connectivity index (χ2n) is 16.6. The molecule has 2 aromatic heterocycles. The van der Waals surface area contributed by atoms with Crippen LogP contribution in [0.2, 0.25) is 0 Å². The standard InChI is InChI=1S/C38H56N8O5S/c1-6-36(4)19-27(37(5)23(2)7-11-38(24(3)32(36)50)12-8-26(47)31(37)38)51-29(49)21-52-25-9-15-45(20-25)28(48)10-16-46-22-41-30-33(42-35(39)43-34(30)46)44-17-13-40-14-18-44/h6,22-25,27,31-32,40,50H,1,7-21H2,2-5H3,(H2,39,42,43)/t23-,24+,25+,27-,31-,32+,36-,37+,38+/m1/s1. The number of nitrogens with zero attached hydrogens (tertiary/aromatic N) is 6. The van der Waals surface area contributed by atoms with Gasteiger partial charge in [-0.25, -0.2) is 4.98 Å². The van der Waals surface area contributed by atoms with Crippen LogP contribution in [0.15, 0.2) is 19.0 Å². The van der Waals surface area contributed by atoms with Crippen molar-refractivity contribution in [3.05, 3.63) is 19.0 Å². The van der Waals surface area contributed by atoms with E-state index in [4.69, 9.17) is 10.5 Å². The van der Waals surface area contributed by atoms with Crippen molar-refractivity contribution in [1.29, 1.82) is 0 Å². The SMILES string of the molecule is C=C[C@]1(C)C[C@@H](OC(=O)CS[C@H]2CCN(C(=O)CCn3cnc4c(N5CCNCC5)nc(N)nc43)C2)[C@]2(C)[C@H](C)CC[C@]3(CCC(=O)[C@@H]32)[C@@H](C)[C@@H]1O. The molecule has 0 unspecified atom stereocenters. The van der Waals surface area contributed by atoms with Crippen LogP contribution in [0.3, 0.4) is 0 Å². The molecular weight excluding hydrogens is 681 g/mol. The summed E-state index contributed by atoms with van der Waals surface area (Å²) < 4.78 is 8.31. The summed E-state index contributed by atoms with van der Waals surface area (Å²) in [7, 11) is 0. The number of esters is 1. The van der Waals surface area contributed by atoms with Gasteiger partial charge >= 0.3 is 5.97 Å². The number of piperazine rings is 1. The van der Waals surface area contributed by atoms with Gasteiger partial charge in [-0.1, -0.05) is 33.8 Å². The van der Waals surface area contributed by atoms with Crippen molar-refractivity contribution >= 4 is 52.4 Å². The van der Waals surface area contributed by atoms with Crippen molar-refractivity contribution in [2.45, 2.75) is 96.6 Å². The number of amides is 1. The number of fused-ring (bicyclic) bond motifs is 1. The van der Waals surface area contributed by atoms with Gasteiger partial charge in [0.25, 0.3) is 0 Å². The maximum Gasteiger partial charge on any atom is 0.316 e. The minimum absolute atomic E-state index is 0.0480. The topological polar surface area (TPSA) is 169 Å². The Morgan fingerprint density at radius 2 is 1.94 bits per heavy atom. The number of aliphatic hydroxyl groups is 1. The molecule has 9 atom stereocenters. The van der Waals surface area contributed by atoms with E-state index in [-0.39, 0.29) is 57.8 Å². The first kappa shape index (κ1) is 37.1. The molecule has 2 saturated heterocycles. The van der Waals surface area contributed by atoms with E-state index in [0.29, 0.717) is 50.1 Å². The maximum absolute atomic E-state index is 13.7. The van der Waals surface area contributed by atoms with Gasteiger partial charge in [0.1, 0.15) is 11.9 Å². The van der Waals surface area contributed by atoms with Gasteiger partial charge in [0, 0.05) is 80.7 Å². The highest BCUT2D eigenvalue weighted by molar-refractivity contribution is 8.00. The Labute approximate surface area is 310 Å². The Balaban J connectivity index is 0.969. The fraction of sp³-hybridized carbons (Fsp3) is 0.737. The van der Waals surface area contributed by atoms with Crippen molar-refractivity contribution in [2.75, 3.05) is 55.7 Å². The molecule has 5 aliphatic rings. The Bertz CT molecular complexity index is 1720. The summed E-state index contributed by atoms with van der Waals surface area (Å²) in [6.45, 7) is 17.6. The number of likely N-dealkylation sites (tertiary alicyclic amines) is 1. The molecule has 284 valence electrons. The molecule has 2 bridgehead atoms. The first-order chi connectivity index (χ1) is 24.8. The largest absolute Gasteiger partial charge is 0.461 e. The van der Waals surface area contributed by atoms with Crippen molar-refractivity contribution in [3.8, 4) is 0 Å². The van der Waals surface area contributed by atoms with E-state index >= 15 is 0 Å². The highest BCUT2D eigenvalue weighted by atomic mass is 32.2. The minimum atomic E-state index is -0.692. The number of aliphatic hydroxyl groups excluding tert-OH is 1. The van der Waals surface area contributed by atoms with Crippen molar-refractivity contribution in [1.82, 2.24) is 29.7 Å². The van der Waals surface area contributed by atoms with E-state index in [1.54, 1.807) is 6.33 Å². The molecule has 14 heteroatoms. The number of aromatic nitrogens is 4. The molecule has 7 rings (SSSR count). The third kappa shape index (κ3) is 6.29. The lowest BCUT2D eigenvalue weighted by atomic mass is 9.44. The number of hydrogen-bond acceptors (Lipinski definition) is 12. The van der Waals surface area contributed by atoms with Crippen molar-refractivity contribution < 1.29 is 24.2 Å². The monoisotopic (exact) mass is 736 g/mol. The number of imidazole rings is 1. The number of ether oxygens (including phenoxy) is 1. The zero-order chi connectivity index (χ0) is 37.0. The zero-order valence-corrected chi connectivity index (χ0v) is 32.0. The Morgan fingerprint density at radius 3 is 2.69 bits per heavy atom. The summed E-state index contributed by atoms with van der Waals surface area (Å²) in [5.74, 6) is 0.937. The summed E-state index contributed by atoms with van der Waals surface area (Å²) >= 11 is 1.53. The number of carbonyl (C=O) groups excluding carboxylic acids is 3. The summed E-state index contributed by atoms with van der Waals surface area (Å²) in [4.78, 5) is 58.3. The van der Waals surface area contributed by atoms with Crippen LogP contribution < -0.4 is 16.0 Å². The zero-order valence-electron chi connectivity index (χ0n) is 31.2. The maximum atomic E-state index is 13.7. The third-order valence-electron chi connectivity index (χ3n) is 14.0. The third-order valence-corrected chi connectivity index (χ3v) is 15.2. The molecule has 0 radical (unpaired) electrons. The molecular formula is C38H56N8O5S. The van der Waals surface area contributed by atoms with Crippen LogP contribution in [0.25, 0.3) is 11.2 Å². The van der Waals surface area contributed by atoms with Gasteiger partial charge < -0.3 is 35.3 Å². The number of ketones is 1. The fourth-order valence-electron chi connectivity index (χ4n) is 10.6. The lowest BCUT2D eigenvalue weighted by Gasteiger charge is -2.61. The number of nitrogen functional groups attached to an aromatic ring is 1. The van der Waals surface area contributed by atoms with Crippen LogP contribution in [-0.4, -0.2) is 110 Å². The second kappa shape index (κ2) is 14.2. The van der Waals surface area contributed by atoms with Crippen LogP contribution in [0.1, 0.15) is 72.6 Å². The summed E-state index contributed by atoms with van der Waals surface area (Å²) in [6.07, 6.45) is 6.96. The highest BCUT2D eigenvalue weighted by Gasteiger charge is 2.68. The van der Waals surface area contributed by atoms with Crippen LogP contribution in [0.4, 0.5) is 11.8 Å². The Kier molecular flexibility index (Phi) is 10.1. The van der Waals surface area contributed by atoms with Gasteiger partial charge in [-0.15, -0.1) is 18.3 Å². The van der Waals surface area contributed by atoms with E-state index in [2.05, 4.69) is 52.5 Å². The summed E-state index contributed by atoms with van der Waals surface area (Å²) in [5.41, 5.74) is 5.90. The first-order valence-electron chi connectivity index (χ1n) is 19.2. The second-order valence-corrected chi connectivity index (χ2v) is 17.9. The molecule has 3 aliphatic carbocycles. The normalized spacial score (nSPS) is 36.4. The fourth-order valence-corrected chi connectivity index (χ4v) is 11.5. The molecule has 13 nitrogen and oxygen atoms in total. The molecule has 2 aliphatic heterocycles. The number of thioether (sulfide) groups is 1.